The largest absolute Gasteiger partial charge is 0.348 e. The normalized spacial score (nSPS) is 12.8. The number of hydrogen-bond donors (Lipinski definition) is 1. The second-order valence-corrected chi connectivity index (χ2v) is 5.38. The van der Waals surface area contributed by atoms with Gasteiger partial charge in [0.15, 0.2) is 0 Å². The smallest absolute Gasteiger partial charge is 0.255 e. The van der Waals surface area contributed by atoms with Gasteiger partial charge < -0.3 is 5.32 Å². The highest BCUT2D eigenvalue weighted by molar-refractivity contribution is 14.1. The molecule has 0 aromatic carbocycles. The maximum Gasteiger partial charge on any atom is 0.255 e. The molecule has 0 bridgehead atoms. The Bertz CT molecular complexity index is 387. The summed E-state index contributed by atoms with van der Waals surface area (Å²) in [6.07, 6.45) is 2.57. The predicted octanol–water partition coefficient (Wildman–Crippen LogP) is 2.17. The average molecular weight is 349 g/mol. The number of hydrogen-bond acceptors (Lipinski definition) is 2. The van der Waals surface area contributed by atoms with E-state index in [2.05, 4.69) is 46.9 Å². The maximum absolute atomic E-state index is 12.1. The second-order valence-electron chi connectivity index (χ2n) is 4.49. The molecule has 1 heterocycles. The molecule has 1 rings (SSSR count). The Hall–Kier alpha value is -0.590. The first-order valence-corrected chi connectivity index (χ1v) is 7.41. The van der Waals surface area contributed by atoms with E-state index in [0.29, 0.717) is 11.5 Å². The van der Waals surface area contributed by atoms with Gasteiger partial charge in [-0.3, -0.25) is 9.48 Å². The van der Waals surface area contributed by atoms with Crippen molar-refractivity contribution in [2.24, 2.45) is 13.0 Å². The third-order valence-electron chi connectivity index (χ3n) is 2.77. The molecule has 1 atom stereocenters. The Balaban J connectivity index is 2.81. The topological polar surface area (TPSA) is 46.9 Å². The van der Waals surface area contributed by atoms with Crippen LogP contribution in [0.4, 0.5) is 0 Å². The number of alkyl halides is 1. The Morgan fingerprint density at radius 2 is 2.24 bits per heavy atom. The van der Waals surface area contributed by atoms with Crippen LogP contribution in [0, 0.1) is 5.92 Å². The van der Waals surface area contributed by atoms with Gasteiger partial charge in [0.1, 0.15) is 0 Å². The number of halogens is 1. The van der Waals surface area contributed by atoms with E-state index in [-0.39, 0.29) is 11.9 Å². The van der Waals surface area contributed by atoms with E-state index < -0.39 is 0 Å². The Kier molecular flexibility index (Phi) is 5.42. The fourth-order valence-corrected chi connectivity index (χ4v) is 2.85. The number of amides is 1. The number of aryl methyl sites for hydroxylation is 2. The first kappa shape index (κ1) is 14.5. The van der Waals surface area contributed by atoms with Crippen molar-refractivity contribution < 1.29 is 4.79 Å². The monoisotopic (exact) mass is 349 g/mol. The molecule has 96 valence electrons. The molecule has 0 radical (unpaired) electrons. The molecular weight excluding hydrogens is 329 g/mol. The predicted molar refractivity (Wildman–Crippen MR) is 77.6 cm³/mol. The number of rotatable bonds is 5. The van der Waals surface area contributed by atoms with Crippen LogP contribution in [0.15, 0.2) is 6.20 Å². The molecule has 0 aliphatic rings. The quantitative estimate of drug-likeness (QED) is 0.654. The lowest BCUT2D eigenvalue weighted by Gasteiger charge is -2.19. The summed E-state index contributed by atoms with van der Waals surface area (Å²) >= 11 is 2.31. The summed E-state index contributed by atoms with van der Waals surface area (Å²) in [6, 6.07) is 0.216. The number of carbonyl (C=O) groups excluding carboxylic acids is 1. The summed E-state index contributed by atoms with van der Waals surface area (Å²) in [4.78, 5) is 12.1. The summed E-state index contributed by atoms with van der Waals surface area (Å²) in [7, 11) is 1.84. The van der Waals surface area contributed by atoms with E-state index in [1.807, 2.05) is 14.0 Å². The van der Waals surface area contributed by atoms with E-state index in [1.165, 1.54) is 0 Å². The minimum absolute atomic E-state index is 0.00897. The van der Waals surface area contributed by atoms with Crippen LogP contribution < -0.4 is 5.32 Å². The summed E-state index contributed by atoms with van der Waals surface area (Å²) in [5, 5.41) is 7.35. The molecule has 0 fully saturated rings. The van der Waals surface area contributed by atoms with Crippen LogP contribution in [0.3, 0.4) is 0 Å². The van der Waals surface area contributed by atoms with Crippen LogP contribution in [-0.2, 0) is 13.5 Å². The van der Waals surface area contributed by atoms with Crippen LogP contribution >= 0.6 is 22.6 Å². The van der Waals surface area contributed by atoms with E-state index >= 15 is 0 Å². The van der Waals surface area contributed by atoms with E-state index in [9.17, 15) is 4.79 Å². The zero-order chi connectivity index (χ0) is 13.0. The summed E-state index contributed by atoms with van der Waals surface area (Å²) in [5.74, 6) is 0.433. The van der Waals surface area contributed by atoms with Crippen molar-refractivity contribution in [1.29, 1.82) is 0 Å². The standard InChI is InChI=1S/C12H20IN3O/c1-5-10-9(7-16(4)15-10)12(17)14-11(6-13)8(2)3/h7-8,11H,5-6H2,1-4H3,(H,14,17). The van der Waals surface area contributed by atoms with Gasteiger partial charge >= 0.3 is 0 Å². The van der Waals surface area contributed by atoms with Crippen molar-refractivity contribution in [3.05, 3.63) is 17.5 Å². The molecule has 0 spiro atoms. The lowest BCUT2D eigenvalue weighted by Crippen LogP contribution is -2.39. The SMILES string of the molecule is CCc1nn(C)cc1C(=O)NC(CI)C(C)C. The lowest BCUT2D eigenvalue weighted by molar-refractivity contribution is 0.0931. The van der Waals surface area contributed by atoms with Crippen LogP contribution in [0.5, 0.6) is 0 Å². The molecule has 1 aromatic rings. The summed E-state index contributed by atoms with van der Waals surface area (Å²) in [6.45, 7) is 6.25. The Labute approximate surface area is 116 Å². The summed E-state index contributed by atoms with van der Waals surface area (Å²) < 4.78 is 2.62. The second kappa shape index (κ2) is 6.37. The number of aromatic nitrogens is 2. The molecular formula is C12H20IN3O. The van der Waals surface area contributed by atoms with Crippen molar-refractivity contribution >= 4 is 28.5 Å². The molecule has 17 heavy (non-hydrogen) atoms. The van der Waals surface area contributed by atoms with Gasteiger partial charge in [0.2, 0.25) is 0 Å². The lowest BCUT2D eigenvalue weighted by atomic mass is 10.1. The molecule has 1 N–H and O–H groups in total. The van der Waals surface area contributed by atoms with Gasteiger partial charge in [0, 0.05) is 23.7 Å². The van der Waals surface area contributed by atoms with E-state index in [0.717, 1.165) is 16.5 Å². The van der Waals surface area contributed by atoms with Gasteiger partial charge in [-0.2, -0.15) is 5.10 Å². The highest BCUT2D eigenvalue weighted by atomic mass is 127. The van der Waals surface area contributed by atoms with Crippen molar-refractivity contribution in [1.82, 2.24) is 15.1 Å². The van der Waals surface area contributed by atoms with Crippen molar-refractivity contribution in [3.8, 4) is 0 Å². The fourth-order valence-electron chi connectivity index (χ4n) is 1.61. The van der Waals surface area contributed by atoms with Crippen LogP contribution in [0.1, 0.15) is 36.8 Å². The van der Waals surface area contributed by atoms with Gasteiger partial charge in [-0.05, 0) is 12.3 Å². The number of nitrogens with one attached hydrogen (secondary N) is 1. The van der Waals surface area contributed by atoms with Gasteiger partial charge in [-0.15, -0.1) is 0 Å². The van der Waals surface area contributed by atoms with Crippen LogP contribution in [-0.4, -0.2) is 26.2 Å². The molecule has 4 nitrogen and oxygen atoms in total. The van der Waals surface area contributed by atoms with Gasteiger partial charge in [-0.25, -0.2) is 0 Å². The maximum atomic E-state index is 12.1. The molecule has 0 aliphatic heterocycles. The van der Waals surface area contributed by atoms with Crippen LogP contribution in [0.2, 0.25) is 0 Å². The van der Waals surface area contributed by atoms with Gasteiger partial charge in [0.05, 0.1) is 11.3 Å². The van der Waals surface area contributed by atoms with Crippen molar-refractivity contribution in [2.75, 3.05) is 4.43 Å². The van der Waals surface area contributed by atoms with E-state index in [4.69, 9.17) is 0 Å². The average Bonchev–Trinajstić information content (AvgIpc) is 2.66. The number of carbonyl (C=O) groups is 1. The fraction of sp³-hybridized carbons (Fsp3) is 0.667. The third kappa shape index (κ3) is 3.69. The molecule has 0 aliphatic carbocycles. The first-order chi connectivity index (χ1) is 7.99. The minimum atomic E-state index is -0.00897. The Morgan fingerprint density at radius 3 is 2.71 bits per heavy atom. The molecule has 0 saturated heterocycles. The van der Waals surface area contributed by atoms with Crippen molar-refractivity contribution in [2.45, 2.75) is 33.2 Å². The molecule has 5 heteroatoms. The van der Waals surface area contributed by atoms with Crippen molar-refractivity contribution in [3.63, 3.8) is 0 Å². The first-order valence-electron chi connectivity index (χ1n) is 5.88. The third-order valence-corrected chi connectivity index (χ3v) is 3.72. The highest BCUT2D eigenvalue weighted by Gasteiger charge is 2.19. The highest BCUT2D eigenvalue weighted by Crippen LogP contribution is 2.10. The number of nitrogens with zero attached hydrogens (tertiary/aromatic N) is 2. The van der Waals surface area contributed by atoms with Gasteiger partial charge in [0.25, 0.3) is 5.91 Å². The molecule has 0 saturated carbocycles. The van der Waals surface area contributed by atoms with E-state index in [1.54, 1.807) is 10.9 Å². The molecule has 1 amide bonds. The van der Waals surface area contributed by atoms with Gasteiger partial charge in [-0.1, -0.05) is 43.4 Å². The summed E-state index contributed by atoms with van der Waals surface area (Å²) in [5.41, 5.74) is 1.56. The minimum Gasteiger partial charge on any atom is -0.348 e. The molecule has 1 aromatic heterocycles. The zero-order valence-corrected chi connectivity index (χ0v) is 13.0. The zero-order valence-electron chi connectivity index (χ0n) is 10.8. The Morgan fingerprint density at radius 1 is 1.59 bits per heavy atom. The molecule has 1 unspecified atom stereocenters. The van der Waals surface area contributed by atoms with Crippen LogP contribution in [0.25, 0.3) is 0 Å².